The van der Waals surface area contributed by atoms with Gasteiger partial charge in [0.1, 0.15) is 10.6 Å². The number of rotatable bonds is 6. The highest BCUT2D eigenvalue weighted by molar-refractivity contribution is 7.89. The highest BCUT2D eigenvalue weighted by Crippen LogP contribution is 2.18. The third kappa shape index (κ3) is 4.94. The van der Waals surface area contributed by atoms with Crippen LogP contribution in [0.5, 0.6) is 0 Å². The number of amides is 1. The summed E-state index contributed by atoms with van der Waals surface area (Å²) in [5.41, 5.74) is 1.27. The number of carbonyl (C=O) groups excluding carboxylic acids is 1. The van der Waals surface area contributed by atoms with Crippen LogP contribution in [0.25, 0.3) is 0 Å². The Kier molecular flexibility index (Phi) is 6.42. The first-order chi connectivity index (χ1) is 13.4. The SMILES string of the molecule is Cc1noc(C)c1S(=O)(=O)NCC(=O)N1CCCN(Cc2ccccn2)CC1. The monoisotopic (exact) mass is 407 g/mol. The van der Waals surface area contributed by atoms with E-state index >= 15 is 0 Å². The molecule has 2 aromatic heterocycles. The Morgan fingerprint density at radius 2 is 2.04 bits per heavy atom. The number of sulfonamides is 1. The van der Waals surface area contributed by atoms with Crippen molar-refractivity contribution in [2.75, 3.05) is 32.7 Å². The highest BCUT2D eigenvalue weighted by atomic mass is 32.2. The number of hydrogen-bond donors (Lipinski definition) is 1. The summed E-state index contributed by atoms with van der Waals surface area (Å²) in [5, 5.41) is 3.65. The van der Waals surface area contributed by atoms with E-state index in [0.717, 1.165) is 31.7 Å². The zero-order chi connectivity index (χ0) is 20.1. The second kappa shape index (κ2) is 8.80. The quantitative estimate of drug-likeness (QED) is 0.751. The Balaban J connectivity index is 1.54. The molecule has 0 saturated carbocycles. The molecule has 9 nitrogen and oxygen atoms in total. The molecular formula is C18H25N5O4S. The van der Waals surface area contributed by atoms with E-state index in [4.69, 9.17) is 4.52 Å². The fourth-order valence-corrected chi connectivity index (χ4v) is 4.60. The van der Waals surface area contributed by atoms with Gasteiger partial charge in [0.15, 0.2) is 5.76 Å². The number of nitrogens with zero attached hydrogens (tertiary/aromatic N) is 4. The molecule has 0 aliphatic carbocycles. The molecule has 0 unspecified atom stereocenters. The maximum atomic E-state index is 12.5. The van der Waals surface area contributed by atoms with Gasteiger partial charge in [-0.15, -0.1) is 0 Å². The molecule has 1 saturated heterocycles. The summed E-state index contributed by atoms with van der Waals surface area (Å²) >= 11 is 0. The van der Waals surface area contributed by atoms with Crippen molar-refractivity contribution in [2.45, 2.75) is 31.7 Å². The predicted molar refractivity (Wildman–Crippen MR) is 102 cm³/mol. The number of nitrogens with one attached hydrogen (secondary N) is 1. The van der Waals surface area contributed by atoms with Gasteiger partial charge in [-0.25, -0.2) is 13.1 Å². The van der Waals surface area contributed by atoms with E-state index in [2.05, 4.69) is 19.8 Å². The van der Waals surface area contributed by atoms with Crippen LogP contribution < -0.4 is 4.72 Å². The van der Waals surface area contributed by atoms with Crippen LogP contribution >= 0.6 is 0 Å². The van der Waals surface area contributed by atoms with E-state index in [1.54, 1.807) is 18.0 Å². The minimum atomic E-state index is -3.85. The first-order valence-corrected chi connectivity index (χ1v) is 10.7. The van der Waals surface area contributed by atoms with Crippen LogP contribution in [0.2, 0.25) is 0 Å². The third-order valence-electron chi connectivity index (χ3n) is 4.70. The molecule has 0 radical (unpaired) electrons. The molecular weight excluding hydrogens is 382 g/mol. The van der Waals surface area contributed by atoms with E-state index in [9.17, 15) is 13.2 Å². The summed E-state index contributed by atoms with van der Waals surface area (Å²) in [5.74, 6) is -0.0348. The number of aromatic nitrogens is 2. The lowest BCUT2D eigenvalue weighted by molar-refractivity contribution is -0.129. The number of aryl methyl sites for hydroxylation is 2. The standard InChI is InChI=1S/C18H25N5O4S/c1-14-18(15(2)27-21-14)28(25,26)20-12-17(24)23-9-5-8-22(10-11-23)13-16-6-3-4-7-19-16/h3-4,6-7,20H,5,8-13H2,1-2H3. The molecule has 28 heavy (non-hydrogen) atoms. The summed E-state index contributed by atoms with van der Waals surface area (Å²) in [6.45, 7) is 6.28. The molecule has 3 heterocycles. The summed E-state index contributed by atoms with van der Waals surface area (Å²) in [6.07, 6.45) is 2.60. The molecule has 0 bridgehead atoms. The van der Waals surface area contributed by atoms with E-state index in [1.165, 1.54) is 6.92 Å². The Bertz CT molecular complexity index is 894. The highest BCUT2D eigenvalue weighted by Gasteiger charge is 2.26. The molecule has 0 atom stereocenters. The van der Waals surface area contributed by atoms with Gasteiger partial charge in [-0.3, -0.25) is 14.7 Å². The van der Waals surface area contributed by atoms with E-state index in [1.807, 2.05) is 18.2 Å². The van der Waals surface area contributed by atoms with Crippen molar-refractivity contribution in [1.29, 1.82) is 0 Å². The van der Waals surface area contributed by atoms with Gasteiger partial charge in [-0.1, -0.05) is 11.2 Å². The number of hydrogen-bond acceptors (Lipinski definition) is 7. The Morgan fingerprint density at radius 1 is 1.21 bits per heavy atom. The smallest absolute Gasteiger partial charge is 0.246 e. The topological polar surface area (TPSA) is 109 Å². The van der Waals surface area contributed by atoms with Crippen LogP contribution in [0.3, 0.4) is 0 Å². The van der Waals surface area contributed by atoms with E-state index in [-0.39, 0.29) is 28.8 Å². The Labute approximate surface area is 164 Å². The average Bonchev–Trinajstić information content (AvgIpc) is 2.87. The molecule has 1 fully saturated rings. The Hall–Kier alpha value is -2.30. The molecule has 1 amide bonds. The largest absolute Gasteiger partial charge is 0.360 e. The van der Waals surface area contributed by atoms with Crippen molar-refractivity contribution in [3.63, 3.8) is 0 Å². The normalized spacial score (nSPS) is 16.1. The van der Waals surface area contributed by atoms with Crippen LogP contribution in [0, 0.1) is 13.8 Å². The van der Waals surface area contributed by atoms with Gasteiger partial charge in [-0.2, -0.15) is 0 Å². The van der Waals surface area contributed by atoms with Gasteiger partial charge < -0.3 is 9.42 Å². The third-order valence-corrected chi connectivity index (χ3v) is 6.35. The van der Waals surface area contributed by atoms with Crippen molar-refractivity contribution in [3.05, 3.63) is 41.5 Å². The van der Waals surface area contributed by atoms with E-state index < -0.39 is 10.0 Å². The lowest BCUT2D eigenvalue weighted by Gasteiger charge is -2.22. The molecule has 152 valence electrons. The molecule has 0 spiro atoms. The fraction of sp³-hybridized carbons (Fsp3) is 0.500. The van der Waals surface area contributed by atoms with Gasteiger partial charge in [0.25, 0.3) is 0 Å². The zero-order valence-electron chi connectivity index (χ0n) is 16.1. The maximum absolute atomic E-state index is 12.5. The van der Waals surface area contributed by atoms with Crippen molar-refractivity contribution >= 4 is 15.9 Å². The van der Waals surface area contributed by atoms with Gasteiger partial charge >= 0.3 is 0 Å². The minimum absolute atomic E-state index is 0.00213. The number of pyridine rings is 1. The summed E-state index contributed by atoms with van der Waals surface area (Å²) in [6, 6.07) is 5.83. The van der Waals surface area contributed by atoms with Gasteiger partial charge in [-0.05, 0) is 32.4 Å². The lowest BCUT2D eigenvalue weighted by Crippen LogP contribution is -2.42. The van der Waals surface area contributed by atoms with Crippen molar-refractivity contribution in [1.82, 2.24) is 24.7 Å². The van der Waals surface area contributed by atoms with Crippen LogP contribution in [0.15, 0.2) is 33.8 Å². The average molecular weight is 407 g/mol. The molecule has 1 N–H and O–H groups in total. The van der Waals surface area contributed by atoms with Gasteiger partial charge in [0, 0.05) is 38.9 Å². The number of carbonyl (C=O) groups is 1. The van der Waals surface area contributed by atoms with Crippen LogP contribution in [-0.2, 0) is 21.4 Å². The van der Waals surface area contributed by atoms with Crippen molar-refractivity contribution in [3.8, 4) is 0 Å². The van der Waals surface area contributed by atoms with Crippen LogP contribution in [-0.4, -0.2) is 67.0 Å². The van der Waals surface area contributed by atoms with E-state index in [0.29, 0.717) is 13.1 Å². The molecule has 3 rings (SSSR count). The second-order valence-corrected chi connectivity index (χ2v) is 8.51. The Morgan fingerprint density at radius 3 is 2.71 bits per heavy atom. The lowest BCUT2D eigenvalue weighted by atomic mass is 10.3. The van der Waals surface area contributed by atoms with Crippen molar-refractivity contribution in [2.24, 2.45) is 0 Å². The first-order valence-electron chi connectivity index (χ1n) is 9.19. The molecule has 1 aliphatic heterocycles. The van der Waals surface area contributed by atoms with Gasteiger partial charge in [0.2, 0.25) is 15.9 Å². The zero-order valence-corrected chi connectivity index (χ0v) is 16.9. The summed E-state index contributed by atoms with van der Waals surface area (Å²) < 4.78 is 32.2. The second-order valence-electron chi connectivity index (χ2n) is 6.81. The predicted octanol–water partition coefficient (Wildman–Crippen LogP) is 0.699. The summed E-state index contributed by atoms with van der Waals surface area (Å²) in [7, 11) is -3.85. The molecule has 0 aromatic carbocycles. The molecule has 1 aliphatic rings. The molecule has 10 heteroatoms. The fourth-order valence-electron chi connectivity index (χ4n) is 3.30. The van der Waals surface area contributed by atoms with Crippen LogP contribution in [0.4, 0.5) is 0 Å². The van der Waals surface area contributed by atoms with Crippen LogP contribution in [0.1, 0.15) is 23.6 Å². The van der Waals surface area contributed by atoms with Crippen molar-refractivity contribution < 1.29 is 17.7 Å². The molecule has 2 aromatic rings. The first kappa shape index (κ1) is 20.4. The summed E-state index contributed by atoms with van der Waals surface area (Å²) in [4.78, 5) is 20.8. The minimum Gasteiger partial charge on any atom is -0.360 e. The maximum Gasteiger partial charge on any atom is 0.246 e. The van der Waals surface area contributed by atoms with Gasteiger partial charge in [0.05, 0.1) is 12.2 Å².